The molecule has 0 aliphatic rings. The Balaban J connectivity index is 2.28. The van der Waals surface area contributed by atoms with Gasteiger partial charge in [0.1, 0.15) is 29.3 Å². The summed E-state index contributed by atoms with van der Waals surface area (Å²) in [5.74, 6) is -12.8. The standard InChI is InChI=1S/C25H13F7O10/c26-8-9-2-1-3-14(41-12-6-4-10(24(27,28)29)15(20(33)34)17(12)22(37)38)19(9)42-13-7-5-11(25(30,31)32)16(21(35)36)18(13)23(39)40/h1-7H,8H2,(H,33,34)(H,35,36)(H,37,38)(H,39,40). The summed E-state index contributed by atoms with van der Waals surface area (Å²) in [6.45, 7) is -1.44. The largest absolute Gasteiger partial charge is 0.478 e. The van der Waals surface area contributed by atoms with E-state index in [9.17, 15) is 70.3 Å². The number of hydrogen-bond donors (Lipinski definition) is 4. The van der Waals surface area contributed by atoms with E-state index in [1.54, 1.807) is 0 Å². The van der Waals surface area contributed by atoms with Gasteiger partial charge in [-0.15, -0.1) is 0 Å². The van der Waals surface area contributed by atoms with Gasteiger partial charge in [0.25, 0.3) is 0 Å². The number of hydrogen-bond acceptors (Lipinski definition) is 6. The van der Waals surface area contributed by atoms with Crippen LogP contribution in [0.15, 0.2) is 42.5 Å². The second-order valence-electron chi connectivity index (χ2n) is 8.02. The van der Waals surface area contributed by atoms with Crippen LogP contribution in [0.25, 0.3) is 0 Å². The first kappa shape index (κ1) is 31.2. The quantitative estimate of drug-likeness (QED) is 0.196. The summed E-state index contributed by atoms with van der Waals surface area (Å²) in [6.07, 6.45) is -10.7. The van der Waals surface area contributed by atoms with Crippen LogP contribution in [0.2, 0.25) is 0 Å². The fourth-order valence-corrected chi connectivity index (χ4v) is 3.77. The molecule has 222 valence electrons. The molecule has 0 unspecified atom stereocenters. The third-order valence-corrected chi connectivity index (χ3v) is 5.44. The summed E-state index contributed by atoms with van der Waals surface area (Å²) < 4.78 is 105. The predicted octanol–water partition coefficient (Wildman–Crippen LogP) is 6.57. The zero-order valence-electron chi connectivity index (χ0n) is 20.1. The Labute approximate surface area is 227 Å². The molecule has 0 bridgehead atoms. The van der Waals surface area contributed by atoms with Crippen molar-refractivity contribution in [2.75, 3.05) is 0 Å². The molecule has 3 rings (SSSR count). The number of carboxylic acid groups (broad SMARTS) is 4. The Kier molecular flexibility index (Phi) is 8.36. The van der Waals surface area contributed by atoms with Gasteiger partial charge in [-0.05, 0) is 30.3 Å². The average Bonchev–Trinajstić information content (AvgIpc) is 2.87. The summed E-state index contributed by atoms with van der Waals surface area (Å²) >= 11 is 0. The Morgan fingerprint density at radius 1 is 0.571 bits per heavy atom. The van der Waals surface area contributed by atoms with Gasteiger partial charge in [-0.3, -0.25) is 0 Å². The van der Waals surface area contributed by atoms with Crippen LogP contribution < -0.4 is 9.47 Å². The lowest BCUT2D eigenvalue weighted by atomic mass is 9.99. The summed E-state index contributed by atoms with van der Waals surface area (Å²) in [5, 5.41) is 37.7. The lowest BCUT2D eigenvalue weighted by Crippen LogP contribution is -2.19. The smallest absolute Gasteiger partial charge is 0.417 e. The van der Waals surface area contributed by atoms with E-state index in [-0.39, 0.29) is 12.1 Å². The lowest BCUT2D eigenvalue weighted by Gasteiger charge is -2.20. The van der Waals surface area contributed by atoms with E-state index in [1.165, 1.54) is 0 Å². The predicted molar refractivity (Wildman–Crippen MR) is 122 cm³/mol. The molecular formula is C25H13F7O10. The molecule has 4 N–H and O–H groups in total. The van der Waals surface area contributed by atoms with Crippen molar-refractivity contribution < 1.29 is 79.8 Å². The maximum atomic E-state index is 13.9. The number of para-hydroxylation sites is 1. The van der Waals surface area contributed by atoms with Gasteiger partial charge in [0, 0.05) is 5.56 Å². The van der Waals surface area contributed by atoms with Crippen LogP contribution in [0.3, 0.4) is 0 Å². The van der Waals surface area contributed by atoms with Gasteiger partial charge in [0.05, 0.1) is 22.3 Å². The lowest BCUT2D eigenvalue weighted by molar-refractivity contribution is -0.138. The zero-order chi connectivity index (χ0) is 31.7. The molecule has 0 aliphatic heterocycles. The molecular weight excluding hydrogens is 593 g/mol. The number of halogens is 7. The number of carboxylic acids is 4. The maximum absolute atomic E-state index is 13.9. The fraction of sp³-hybridized carbons (Fsp3) is 0.120. The molecule has 42 heavy (non-hydrogen) atoms. The van der Waals surface area contributed by atoms with E-state index in [0.29, 0.717) is 12.1 Å². The number of rotatable bonds is 9. The minimum absolute atomic E-state index is 0.168. The van der Waals surface area contributed by atoms with Crippen LogP contribution in [0, 0.1) is 0 Å². The Hall–Kier alpha value is -5.35. The minimum Gasteiger partial charge on any atom is -0.478 e. The topological polar surface area (TPSA) is 168 Å². The summed E-state index contributed by atoms with van der Waals surface area (Å²) in [4.78, 5) is 46.9. The molecule has 0 fully saturated rings. The minimum atomic E-state index is -5.33. The van der Waals surface area contributed by atoms with Crippen molar-refractivity contribution in [3.8, 4) is 23.0 Å². The van der Waals surface area contributed by atoms with Crippen molar-refractivity contribution in [2.24, 2.45) is 0 Å². The molecule has 10 nitrogen and oxygen atoms in total. The molecule has 0 amide bonds. The van der Waals surface area contributed by atoms with Gasteiger partial charge >= 0.3 is 36.2 Å². The Bertz CT molecular complexity index is 1610. The normalized spacial score (nSPS) is 11.6. The van der Waals surface area contributed by atoms with Crippen molar-refractivity contribution in [1.82, 2.24) is 0 Å². The number of ether oxygens (including phenoxy) is 2. The third kappa shape index (κ3) is 6.03. The van der Waals surface area contributed by atoms with Crippen LogP contribution in [-0.4, -0.2) is 44.3 Å². The van der Waals surface area contributed by atoms with Crippen LogP contribution in [0.1, 0.15) is 58.1 Å². The SMILES string of the molecule is O=C(O)c1c(Oc2cccc(CF)c2Oc2ccc(C(F)(F)F)c(C(=O)O)c2C(=O)O)ccc(C(F)(F)F)c1C(=O)O. The molecule has 0 saturated heterocycles. The van der Waals surface area contributed by atoms with Gasteiger partial charge in [-0.25, -0.2) is 23.6 Å². The van der Waals surface area contributed by atoms with Crippen molar-refractivity contribution >= 4 is 23.9 Å². The second kappa shape index (κ2) is 11.3. The number of benzene rings is 3. The van der Waals surface area contributed by atoms with Crippen LogP contribution >= 0.6 is 0 Å². The first-order chi connectivity index (χ1) is 19.4. The van der Waals surface area contributed by atoms with E-state index in [0.717, 1.165) is 18.2 Å². The number of carbonyl (C=O) groups is 4. The first-order valence-electron chi connectivity index (χ1n) is 10.8. The monoisotopic (exact) mass is 606 g/mol. The highest BCUT2D eigenvalue weighted by Crippen LogP contribution is 2.44. The van der Waals surface area contributed by atoms with Crippen LogP contribution in [0.5, 0.6) is 23.0 Å². The van der Waals surface area contributed by atoms with E-state index in [2.05, 4.69) is 0 Å². The Morgan fingerprint density at radius 3 is 1.33 bits per heavy atom. The molecule has 0 saturated carbocycles. The van der Waals surface area contributed by atoms with Gasteiger partial charge in [-0.2, -0.15) is 26.3 Å². The van der Waals surface area contributed by atoms with Gasteiger partial charge in [-0.1, -0.05) is 12.1 Å². The van der Waals surface area contributed by atoms with Crippen molar-refractivity contribution in [1.29, 1.82) is 0 Å². The van der Waals surface area contributed by atoms with E-state index in [1.807, 2.05) is 0 Å². The van der Waals surface area contributed by atoms with E-state index >= 15 is 0 Å². The molecule has 0 aliphatic carbocycles. The molecule has 3 aromatic rings. The van der Waals surface area contributed by atoms with Gasteiger partial charge in [0.15, 0.2) is 11.5 Å². The molecule has 17 heteroatoms. The first-order valence-corrected chi connectivity index (χ1v) is 10.8. The average molecular weight is 606 g/mol. The van der Waals surface area contributed by atoms with Gasteiger partial charge < -0.3 is 29.9 Å². The van der Waals surface area contributed by atoms with E-state index < -0.39 is 105 Å². The summed E-state index contributed by atoms with van der Waals surface area (Å²) in [6, 6.07) is 4.10. The molecule has 0 spiro atoms. The van der Waals surface area contributed by atoms with Crippen LogP contribution in [-0.2, 0) is 19.0 Å². The van der Waals surface area contributed by atoms with Gasteiger partial charge in [0.2, 0.25) is 0 Å². The Morgan fingerprint density at radius 2 is 0.976 bits per heavy atom. The van der Waals surface area contributed by atoms with Crippen molar-refractivity contribution in [3.05, 3.63) is 81.4 Å². The highest BCUT2D eigenvalue weighted by Gasteiger charge is 2.41. The second-order valence-corrected chi connectivity index (χ2v) is 8.02. The zero-order valence-corrected chi connectivity index (χ0v) is 20.1. The maximum Gasteiger partial charge on any atom is 0.417 e. The molecule has 3 aromatic carbocycles. The summed E-state index contributed by atoms with van der Waals surface area (Å²) in [5.41, 5.74) is -10.7. The highest BCUT2D eigenvalue weighted by molar-refractivity contribution is 6.06. The number of aromatic carboxylic acids is 4. The van der Waals surface area contributed by atoms with Crippen molar-refractivity contribution in [2.45, 2.75) is 19.0 Å². The highest BCUT2D eigenvalue weighted by atomic mass is 19.4. The third-order valence-electron chi connectivity index (χ3n) is 5.44. The molecule has 0 radical (unpaired) electrons. The van der Waals surface area contributed by atoms with Crippen molar-refractivity contribution in [3.63, 3.8) is 0 Å². The molecule has 0 heterocycles. The molecule has 0 atom stereocenters. The summed E-state index contributed by atoms with van der Waals surface area (Å²) in [7, 11) is 0. The van der Waals surface area contributed by atoms with Crippen LogP contribution in [0.4, 0.5) is 30.7 Å². The van der Waals surface area contributed by atoms with E-state index in [4.69, 9.17) is 9.47 Å². The fourth-order valence-electron chi connectivity index (χ4n) is 3.77. The molecule has 0 aromatic heterocycles. The number of alkyl halides is 7.